The molecule has 10 heteroatoms. The molecule has 0 radical (unpaired) electrons. The molecule has 1 amide bonds. The van der Waals surface area contributed by atoms with Gasteiger partial charge in [0.1, 0.15) is 5.69 Å². The Bertz CT molecular complexity index is 663. The van der Waals surface area contributed by atoms with Gasteiger partial charge in [0.15, 0.2) is 0 Å². The summed E-state index contributed by atoms with van der Waals surface area (Å²) in [5, 5.41) is 24.8. The zero-order valence-corrected chi connectivity index (χ0v) is 14.7. The molecular formula is C15H22BN3O6. The predicted octanol–water partition coefficient (Wildman–Crippen LogP) is 1.57. The Morgan fingerprint density at radius 1 is 1.24 bits per heavy atom. The lowest BCUT2D eigenvalue weighted by Gasteiger charge is -2.32. The second-order valence-corrected chi connectivity index (χ2v) is 6.78. The van der Waals surface area contributed by atoms with Crippen molar-refractivity contribution < 1.29 is 24.1 Å². The molecule has 1 aliphatic rings. The monoisotopic (exact) mass is 351 g/mol. The molecule has 0 unspecified atom stereocenters. The van der Waals surface area contributed by atoms with Crippen LogP contribution < -0.4 is 16.1 Å². The van der Waals surface area contributed by atoms with Crippen molar-refractivity contribution in [1.82, 2.24) is 5.32 Å². The minimum absolute atomic E-state index is 0.101. The summed E-state index contributed by atoms with van der Waals surface area (Å²) >= 11 is 0. The Hall–Kier alpha value is -2.33. The van der Waals surface area contributed by atoms with Gasteiger partial charge in [0, 0.05) is 19.2 Å². The number of nitro benzene ring substituents is 1. The van der Waals surface area contributed by atoms with Gasteiger partial charge in [-0.05, 0) is 39.2 Å². The summed E-state index contributed by atoms with van der Waals surface area (Å²) in [5.41, 5.74) is -0.199. The lowest BCUT2D eigenvalue weighted by molar-refractivity contribution is -0.383. The fraction of sp³-hybridized carbons (Fsp3) is 0.533. The van der Waals surface area contributed by atoms with Gasteiger partial charge in [-0.1, -0.05) is 6.07 Å². The van der Waals surface area contributed by atoms with Crippen molar-refractivity contribution in [2.45, 2.75) is 38.9 Å². The standard InChI is InChI=1S/C15H22BN3O6/c1-14(2)15(3,4)25-16(24-14)10-5-6-12(19(22)23)11(9-10)17-7-8-18-13(20)21/h5-6,9,17-18H,7-8H2,1-4H3,(H,20,21). The van der Waals surface area contributed by atoms with Gasteiger partial charge in [0.2, 0.25) is 0 Å². The highest BCUT2D eigenvalue weighted by Crippen LogP contribution is 2.37. The summed E-state index contributed by atoms with van der Waals surface area (Å²) in [5.74, 6) is 0. The third-order valence-corrected chi connectivity index (χ3v) is 4.46. The van der Waals surface area contributed by atoms with E-state index in [4.69, 9.17) is 14.4 Å². The number of hydrogen-bond acceptors (Lipinski definition) is 6. The zero-order chi connectivity index (χ0) is 18.8. The topological polar surface area (TPSA) is 123 Å². The molecule has 2 rings (SSSR count). The molecule has 1 saturated heterocycles. The number of benzene rings is 1. The smallest absolute Gasteiger partial charge is 0.465 e. The molecule has 136 valence electrons. The second-order valence-electron chi connectivity index (χ2n) is 6.78. The highest BCUT2D eigenvalue weighted by molar-refractivity contribution is 6.62. The number of anilines is 1. The van der Waals surface area contributed by atoms with E-state index in [0.29, 0.717) is 5.46 Å². The largest absolute Gasteiger partial charge is 0.494 e. The molecule has 0 atom stereocenters. The van der Waals surface area contributed by atoms with Crippen LogP contribution in [0.4, 0.5) is 16.2 Å². The van der Waals surface area contributed by atoms with Gasteiger partial charge in [-0.15, -0.1) is 0 Å². The lowest BCUT2D eigenvalue weighted by atomic mass is 9.79. The van der Waals surface area contributed by atoms with Crippen LogP contribution in [0.1, 0.15) is 27.7 Å². The van der Waals surface area contributed by atoms with Gasteiger partial charge in [0.25, 0.3) is 5.69 Å². The van der Waals surface area contributed by atoms with E-state index in [2.05, 4.69) is 10.6 Å². The molecule has 1 fully saturated rings. The number of amides is 1. The van der Waals surface area contributed by atoms with Gasteiger partial charge in [-0.2, -0.15) is 0 Å². The van der Waals surface area contributed by atoms with Crippen LogP contribution in [0.2, 0.25) is 0 Å². The Balaban J connectivity index is 2.19. The van der Waals surface area contributed by atoms with Gasteiger partial charge < -0.3 is 25.0 Å². The van der Waals surface area contributed by atoms with E-state index in [1.807, 2.05) is 27.7 Å². The molecule has 0 aliphatic carbocycles. The summed E-state index contributed by atoms with van der Waals surface area (Å²) in [6.45, 7) is 8.03. The van der Waals surface area contributed by atoms with Crippen LogP contribution in [0.15, 0.2) is 18.2 Å². The van der Waals surface area contributed by atoms with E-state index < -0.39 is 29.3 Å². The summed E-state index contributed by atoms with van der Waals surface area (Å²) < 4.78 is 11.9. The zero-order valence-electron chi connectivity index (χ0n) is 14.7. The van der Waals surface area contributed by atoms with E-state index in [9.17, 15) is 14.9 Å². The first kappa shape index (κ1) is 19.0. The van der Waals surface area contributed by atoms with Crippen LogP contribution in [-0.2, 0) is 9.31 Å². The molecule has 0 aromatic heterocycles. The average Bonchev–Trinajstić information content (AvgIpc) is 2.71. The molecule has 9 nitrogen and oxygen atoms in total. The number of carbonyl (C=O) groups is 1. The molecule has 3 N–H and O–H groups in total. The predicted molar refractivity (Wildman–Crippen MR) is 93.3 cm³/mol. The quantitative estimate of drug-likeness (QED) is 0.308. The third-order valence-electron chi connectivity index (χ3n) is 4.46. The lowest BCUT2D eigenvalue weighted by Crippen LogP contribution is -2.41. The Morgan fingerprint density at radius 3 is 2.36 bits per heavy atom. The number of hydrogen-bond donors (Lipinski definition) is 3. The highest BCUT2D eigenvalue weighted by Gasteiger charge is 2.51. The normalized spacial score (nSPS) is 18.0. The van der Waals surface area contributed by atoms with E-state index >= 15 is 0 Å². The Labute approximate surface area is 146 Å². The van der Waals surface area contributed by atoms with Gasteiger partial charge in [0.05, 0.1) is 16.1 Å². The van der Waals surface area contributed by atoms with Crippen molar-refractivity contribution in [2.75, 3.05) is 18.4 Å². The Kier molecular flexibility index (Phi) is 5.24. The van der Waals surface area contributed by atoms with Gasteiger partial charge in [-0.25, -0.2) is 4.79 Å². The maximum Gasteiger partial charge on any atom is 0.494 e. The molecule has 25 heavy (non-hydrogen) atoms. The van der Waals surface area contributed by atoms with Crippen molar-refractivity contribution >= 4 is 30.0 Å². The summed E-state index contributed by atoms with van der Waals surface area (Å²) in [7, 11) is -0.636. The van der Waals surface area contributed by atoms with E-state index in [-0.39, 0.29) is 24.5 Å². The first-order chi connectivity index (χ1) is 11.5. The number of nitro groups is 1. The SMILES string of the molecule is CC1(C)OB(c2ccc([N+](=O)[O-])c(NCCNC(=O)O)c2)OC1(C)C. The fourth-order valence-electron chi connectivity index (χ4n) is 2.35. The van der Waals surface area contributed by atoms with Gasteiger partial charge >= 0.3 is 13.2 Å². The molecule has 1 aromatic carbocycles. The summed E-state index contributed by atoms with van der Waals surface area (Å²) in [6, 6.07) is 4.58. The van der Waals surface area contributed by atoms with Crippen molar-refractivity contribution in [3.8, 4) is 0 Å². The van der Waals surface area contributed by atoms with Crippen molar-refractivity contribution in [3.05, 3.63) is 28.3 Å². The molecule has 1 heterocycles. The van der Waals surface area contributed by atoms with E-state index in [1.54, 1.807) is 12.1 Å². The summed E-state index contributed by atoms with van der Waals surface area (Å²) in [4.78, 5) is 21.2. The van der Waals surface area contributed by atoms with Gasteiger partial charge in [-0.3, -0.25) is 10.1 Å². The van der Waals surface area contributed by atoms with Crippen LogP contribution in [0, 0.1) is 10.1 Å². The first-order valence-corrected chi connectivity index (χ1v) is 7.88. The van der Waals surface area contributed by atoms with Crippen molar-refractivity contribution in [3.63, 3.8) is 0 Å². The molecule has 0 saturated carbocycles. The van der Waals surface area contributed by atoms with E-state index in [0.717, 1.165) is 0 Å². The van der Waals surface area contributed by atoms with Crippen LogP contribution in [0.25, 0.3) is 0 Å². The van der Waals surface area contributed by atoms with E-state index in [1.165, 1.54) is 6.07 Å². The van der Waals surface area contributed by atoms with Crippen molar-refractivity contribution in [1.29, 1.82) is 0 Å². The van der Waals surface area contributed by atoms with Crippen LogP contribution in [0.5, 0.6) is 0 Å². The minimum atomic E-state index is -1.15. The van der Waals surface area contributed by atoms with Crippen LogP contribution in [0.3, 0.4) is 0 Å². The molecule has 1 aromatic rings. The third kappa shape index (κ3) is 4.20. The molecule has 1 aliphatic heterocycles. The first-order valence-electron chi connectivity index (χ1n) is 7.88. The number of rotatable bonds is 6. The summed E-state index contributed by atoms with van der Waals surface area (Å²) in [6.07, 6.45) is -1.15. The maximum atomic E-state index is 11.2. The maximum absolute atomic E-state index is 11.2. The highest BCUT2D eigenvalue weighted by atomic mass is 16.7. The number of carboxylic acid groups (broad SMARTS) is 1. The average molecular weight is 351 g/mol. The molecule has 0 spiro atoms. The molecule has 0 bridgehead atoms. The van der Waals surface area contributed by atoms with Crippen LogP contribution >= 0.6 is 0 Å². The number of nitrogens with zero attached hydrogens (tertiary/aromatic N) is 1. The number of nitrogens with one attached hydrogen (secondary N) is 2. The Morgan fingerprint density at radius 2 is 1.84 bits per heavy atom. The fourth-order valence-corrected chi connectivity index (χ4v) is 2.35. The van der Waals surface area contributed by atoms with Crippen molar-refractivity contribution in [2.24, 2.45) is 0 Å². The second kappa shape index (κ2) is 6.89. The van der Waals surface area contributed by atoms with Crippen LogP contribution in [-0.4, -0.2) is 47.5 Å². The molecular weight excluding hydrogens is 329 g/mol. The minimum Gasteiger partial charge on any atom is -0.465 e.